The zero-order valence-corrected chi connectivity index (χ0v) is 9.54. The van der Waals surface area contributed by atoms with E-state index >= 15 is 0 Å². The maximum Gasteiger partial charge on any atom is 0.165 e. The lowest BCUT2D eigenvalue weighted by molar-refractivity contribution is -0.129. The van der Waals surface area contributed by atoms with Gasteiger partial charge in [-0.1, -0.05) is 0 Å². The van der Waals surface area contributed by atoms with Crippen LogP contribution in [0.5, 0.6) is 0 Å². The van der Waals surface area contributed by atoms with Crippen molar-refractivity contribution in [1.82, 2.24) is 0 Å². The Morgan fingerprint density at radius 1 is 1.11 bits per heavy atom. The number of rotatable bonds is 0. The summed E-state index contributed by atoms with van der Waals surface area (Å²) in [6, 6.07) is 0. The predicted molar refractivity (Wildman–Crippen MR) is 51.9 cm³/mol. The van der Waals surface area contributed by atoms with Gasteiger partial charge >= 0.3 is 0 Å². The van der Waals surface area contributed by atoms with Gasteiger partial charge in [-0.25, -0.2) is 0 Å². The van der Waals surface area contributed by atoms with Gasteiger partial charge in [0.1, 0.15) is 8.22 Å². The highest BCUT2D eigenvalue weighted by atomic mass is 127. The molecule has 2 atom stereocenters. The van der Waals surface area contributed by atoms with Crippen molar-refractivity contribution in [2.45, 2.75) is 27.9 Å². The normalized spacial score (nSPS) is 41.3. The number of ether oxygens (including phenoxy) is 2. The Morgan fingerprint density at radius 2 is 1.44 bits per heavy atom. The van der Waals surface area contributed by atoms with E-state index in [1.807, 2.05) is 13.8 Å². The number of alkyl halides is 2. The summed E-state index contributed by atoms with van der Waals surface area (Å²) in [6.45, 7) is 3.86. The van der Waals surface area contributed by atoms with E-state index in [1.54, 1.807) is 0 Å². The lowest BCUT2D eigenvalue weighted by Crippen LogP contribution is -2.20. The molecule has 1 fully saturated rings. The van der Waals surface area contributed by atoms with Crippen molar-refractivity contribution in [3.63, 3.8) is 0 Å². The van der Waals surface area contributed by atoms with Crippen LogP contribution in [-0.2, 0) is 9.47 Å². The molecule has 1 rings (SSSR count). The smallest absolute Gasteiger partial charge is 0.165 e. The summed E-state index contributed by atoms with van der Waals surface area (Å²) >= 11 is 4.46. The van der Waals surface area contributed by atoms with Crippen LogP contribution in [0, 0.1) is 0 Å². The van der Waals surface area contributed by atoms with Crippen LogP contribution in [0.2, 0.25) is 0 Å². The molecule has 2 nitrogen and oxygen atoms in total. The van der Waals surface area contributed by atoms with E-state index < -0.39 is 0 Å². The Hall–Kier alpha value is 1.38. The first kappa shape index (κ1) is 8.48. The summed E-state index contributed by atoms with van der Waals surface area (Å²) in [7, 11) is 0. The number of hydrogen-bond acceptors (Lipinski definition) is 2. The van der Waals surface area contributed by atoms with E-state index in [2.05, 4.69) is 45.2 Å². The van der Waals surface area contributed by atoms with Crippen LogP contribution in [0.15, 0.2) is 0 Å². The van der Waals surface area contributed by atoms with E-state index in [9.17, 15) is 0 Å². The molecule has 0 aliphatic carbocycles. The van der Waals surface area contributed by atoms with E-state index in [1.165, 1.54) is 0 Å². The SMILES string of the molecule is CC1(C)O[C@@H](I)[C@H](I)O1. The maximum atomic E-state index is 5.42. The van der Waals surface area contributed by atoms with Gasteiger partial charge in [0.15, 0.2) is 5.79 Å². The average Bonchev–Trinajstić information content (AvgIpc) is 1.79. The van der Waals surface area contributed by atoms with Crippen molar-refractivity contribution in [3.05, 3.63) is 0 Å². The number of halogens is 2. The molecule has 0 spiro atoms. The minimum Gasteiger partial charge on any atom is -0.333 e. The summed E-state index contributed by atoms with van der Waals surface area (Å²) in [5.41, 5.74) is 0. The molecule has 0 unspecified atom stereocenters. The zero-order chi connectivity index (χ0) is 7.07. The highest BCUT2D eigenvalue weighted by Gasteiger charge is 2.37. The van der Waals surface area contributed by atoms with Gasteiger partial charge < -0.3 is 9.47 Å². The second-order valence-electron chi connectivity index (χ2n) is 2.34. The molecule has 1 saturated heterocycles. The van der Waals surface area contributed by atoms with Crippen LogP contribution < -0.4 is 0 Å². The van der Waals surface area contributed by atoms with Gasteiger partial charge in [0, 0.05) is 0 Å². The minimum absolute atomic E-state index is 0.193. The Morgan fingerprint density at radius 3 is 1.56 bits per heavy atom. The highest BCUT2D eigenvalue weighted by Crippen LogP contribution is 2.34. The van der Waals surface area contributed by atoms with Crippen LogP contribution in [0.3, 0.4) is 0 Å². The van der Waals surface area contributed by atoms with Crippen LogP contribution in [-0.4, -0.2) is 14.0 Å². The van der Waals surface area contributed by atoms with E-state index in [4.69, 9.17) is 9.47 Å². The van der Waals surface area contributed by atoms with Crippen molar-refractivity contribution < 1.29 is 9.47 Å². The standard InChI is InChI=1S/C5H8I2O2/c1-5(2)8-3(6)4(7)9-5/h3-4H,1-2H3/t3-,4-/m1/s1. The first-order valence-electron chi connectivity index (χ1n) is 2.65. The molecular formula is C5H8I2O2. The van der Waals surface area contributed by atoms with Crippen LogP contribution in [0.1, 0.15) is 13.8 Å². The summed E-state index contributed by atoms with van der Waals surface area (Å²) in [5, 5.41) is 0. The monoisotopic (exact) mass is 354 g/mol. The molecule has 1 heterocycles. The first-order chi connectivity index (χ1) is 4.01. The van der Waals surface area contributed by atoms with Gasteiger partial charge in [-0.15, -0.1) is 0 Å². The maximum absolute atomic E-state index is 5.42. The van der Waals surface area contributed by atoms with Gasteiger partial charge in [-0.2, -0.15) is 0 Å². The lowest BCUT2D eigenvalue weighted by Gasteiger charge is -2.14. The second kappa shape index (κ2) is 2.78. The molecule has 0 radical (unpaired) electrons. The lowest BCUT2D eigenvalue weighted by atomic mass is 10.4. The Labute approximate surface area is 81.9 Å². The van der Waals surface area contributed by atoms with E-state index in [-0.39, 0.29) is 14.0 Å². The van der Waals surface area contributed by atoms with Crippen molar-refractivity contribution in [1.29, 1.82) is 0 Å². The molecule has 1 aliphatic rings. The van der Waals surface area contributed by atoms with Crippen molar-refractivity contribution in [2.24, 2.45) is 0 Å². The fraction of sp³-hybridized carbons (Fsp3) is 1.00. The second-order valence-corrected chi connectivity index (χ2v) is 4.79. The number of hydrogen-bond donors (Lipinski definition) is 0. The topological polar surface area (TPSA) is 18.5 Å². The summed E-state index contributed by atoms with van der Waals surface area (Å²) in [6.07, 6.45) is 0. The van der Waals surface area contributed by atoms with Crippen LogP contribution in [0.4, 0.5) is 0 Å². The molecule has 0 amide bonds. The van der Waals surface area contributed by atoms with Crippen LogP contribution >= 0.6 is 45.2 Å². The molecule has 0 bridgehead atoms. The zero-order valence-electron chi connectivity index (χ0n) is 5.23. The Kier molecular flexibility index (Phi) is 2.62. The third-order valence-electron chi connectivity index (χ3n) is 0.999. The molecule has 0 N–H and O–H groups in total. The molecule has 0 aromatic carbocycles. The molecule has 1 aliphatic heterocycles. The van der Waals surface area contributed by atoms with Gasteiger partial charge in [0.25, 0.3) is 0 Å². The first-order valence-corrected chi connectivity index (χ1v) is 5.14. The fourth-order valence-electron chi connectivity index (χ4n) is 0.677. The minimum atomic E-state index is -0.377. The highest BCUT2D eigenvalue weighted by molar-refractivity contribution is 14.1. The Bertz CT molecular complexity index is 104. The van der Waals surface area contributed by atoms with Crippen molar-refractivity contribution in [2.75, 3.05) is 0 Å². The quantitative estimate of drug-likeness (QED) is 0.491. The Balaban J connectivity index is 2.54. The average molecular weight is 354 g/mol. The molecule has 4 heteroatoms. The van der Waals surface area contributed by atoms with E-state index in [0.717, 1.165) is 0 Å². The largest absolute Gasteiger partial charge is 0.333 e. The summed E-state index contributed by atoms with van der Waals surface area (Å²) in [4.78, 5) is 0. The molecule has 9 heavy (non-hydrogen) atoms. The van der Waals surface area contributed by atoms with Gasteiger partial charge in [-0.3, -0.25) is 0 Å². The van der Waals surface area contributed by atoms with Gasteiger partial charge in [-0.05, 0) is 59.0 Å². The fourth-order valence-corrected chi connectivity index (χ4v) is 2.20. The molecule has 0 aromatic heterocycles. The van der Waals surface area contributed by atoms with E-state index in [0.29, 0.717) is 0 Å². The van der Waals surface area contributed by atoms with Crippen LogP contribution in [0.25, 0.3) is 0 Å². The van der Waals surface area contributed by atoms with Crippen molar-refractivity contribution >= 4 is 45.2 Å². The molecule has 54 valence electrons. The summed E-state index contributed by atoms with van der Waals surface area (Å²) in [5.74, 6) is -0.377. The van der Waals surface area contributed by atoms with Crippen molar-refractivity contribution in [3.8, 4) is 0 Å². The molecular weight excluding hydrogens is 346 g/mol. The third-order valence-corrected chi connectivity index (χ3v) is 4.19. The third kappa shape index (κ3) is 2.16. The molecule has 0 saturated carbocycles. The van der Waals surface area contributed by atoms with Gasteiger partial charge in [0.2, 0.25) is 0 Å². The van der Waals surface area contributed by atoms with Gasteiger partial charge in [0.05, 0.1) is 0 Å². The molecule has 0 aromatic rings. The summed E-state index contributed by atoms with van der Waals surface area (Å²) < 4.78 is 11.2. The predicted octanol–water partition coefficient (Wildman–Crippen LogP) is 2.29.